The fraction of sp³-hybridized carbons (Fsp3) is 0.278. The Bertz CT molecular complexity index is 1280. The van der Waals surface area contributed by atoms with Crippen molar-refractivity contribution in [2.45, 2.75) is 10.4 Å². The number of H-pyrrole nitrogens is 1. The smallest absolute Gasteiger partial charge is 0.383 e. The van der Waals surface area contributed by atoms with Gasteiger partial charge in [-0.25, -0.2) is 18.5 Å². The molecule has 0 unspecified atom stereocenters. The van der Waals surface area contributed by atoms with Crippen LogP contribution in [0.5, 0.6) is 0 Å². The Morgan fingerprint density at radius 2 is 1.81 bits per heavy atom. The molecule has 0 aromatic carbocycles. The Morgan fingerprint density at radius 1 is 1.09 bits per heavy atom. The first-order valence-corrected chi connectivity index (χ1v) is 11.5. The lowest BCUT2D eigenvalue weighted by atomic mass is 10.2. The van der Waals surface area contributed by atoms with Gasteiger partial charge in [-0.05, 0) is 24.3 Å². The highest BCUT2D eigenvalue weighted by atomic mass is 32.2. The molecular weight excluding hydrogens is 469 g/mol. The maximum Gasteiger partial charge on any atom is 0.420 e. The summed E-state index contributed by atoms with van der Waals surface area (Å²) in [6.07, 6.45) is -3.38. The van der Waals surface area contributed by atoms with Gasteiger partial charge in [0.15, 0.2) is 0 Å². The Labute approximate surface area is 184 Å². The van der Waals surface area contributed by atoms with E-state index in [9.17, 15) is 26.4 Å². The zero-order chi connectivity index (χ0) is 23.1. The first-order valence-electron chi connectivity index (χ1n) is 9.29. The average molecular weight is 487 g/mol. The van der Waals surface area contributed by atoms with Gasteiger partial charge < -0.3 is 10.6 Å². The van der Waals surface area contributed by atoms with E-state index in [-0.39, 0.29) is 41.6 Å². The molecule has 9 nitrogen and oxygen atoms in total. The molecule has 14 heteroatoms. The van der Waals surface area contributed by atoms with Gasteiger partial charge in [0.2, 0.25) is 0 Å². The second-order valence-corrected chi connectivity index (χ2v) is 10.2. The standard InChI is InChI=1S/C18H17F3N6O3S2/c19-18(20,21)12-9-11(10-23-17(12)22)26-5-7-27(8-6-26)32(29,30)16-4-2-14(31-16)13-1-3-15(28)25-24-13/h1-4,9-10H,5-8H2,(H2,22,23)(H,25,28). The van der Waals surface area contributed by atoms with Crippen molar-refractivity contribution in [3.05, 3.63) is 52.4 Å². The highest BCUT2D eigenvalue weighted by Crippen LogP contribution is 2.35. The van der Waals surface area contributed by atoms with E-state index in [0.717, 1.165) is 17.4 Å². The summed E-state index contributed by atoms with van der Waals surface area (Å²) in [6, 6.07) is 6.79. The lowest BCUT2D eigenvalue weighted by Crippen LogP contribution is -2.48. The molecule has 1 saturated heterocycles. The second kappa shape index (κ2) is 8.18. The van der Waals surface area contributed by atoms with Gasteiger partial charge in [0, 0.05) is 32.2 Å². The highest BCUT2D eigenvalue weighted by molar-refractivity contribution is 7.91. The number of pyridine rings is 1. The molecule has 0 amide bonds. The number of aromatic amines is 1. The predicted molar refractivity (Wildman–Crippen MR) is 113 cm³/mol. The van der Waals surface area contributed by atoms with Crippen LogP contribution in [0.4, 0.5) is 24.7 Å². The van der Waals surface area contributed by atoms with Gasteiger partial charge in [0.25, 0.3) is 15.6 Å². The molecule has 3 aromatic rings. The van der Waals surface area contributed by atoms with Crippen molar-refractivity contribution < 1.29 is 21.6 Å². The number of nitrogens with one attached hydrogen (secondary N) is 1. The molecule has 170 valence electrons. The van der Waals surface area contributed by atoms with Gasteiger partial charge in [-0.1, -0.05) is 0 Å². The van der Waals surface area contributed by atoms with Crippen LogP contribution >= 0.6 is 11.3 Å². The second-order valence-electron chi connectivity index (χ2n) is 6.94. The molecule has 0 radical (unpaired) electrons. The minimum atomic E-state index is -4.63. The van der Waals surface area contributed by atoms with Gasteiger partial charge in [0.1, 0.15) is 15.7 Å². The summed E-state index contributed by atoms with van der Waals surface area (Å²) in [6.45, 7) is 0.583. The number of hydrogen-bond acceptors (Lipinski definition) is 8. The van der Waals surface area contributed by atoms with Crippen LogP contribution in [0.2, 0.25) is 0 Å². The Hall–Kier alpha value is -2.97. The number of aromatic nitrogens is 3. The first kappa shape index (κ1) is 22.2. The zero-order valence-electron chi connectivity index (χ0n) is 16.3. The van der Waals surface area contributed by atoms with E-state index in [2.05, 4.69) is 15.2 Å². The molecule has 0 saturated carbocycles. The Morgan fingerprint density at radius 3 is 2.44 bits per heavy atom. The van der Waals surface area contributed by atoms with E-state index >= 15 is 0 Å². The number of hydrogen-bond donors (Lipinski definition) is 2. The molecule has 4 rings (SSSR count). The first-order chi connectivity index (χ1) is 15.1. The van der Waals surface area contributed by atoms with Crippen molar-refractivity contribution >= 4 is 32.9 Å². The largest absolute Gasteiger partial charge is 0.420 e. The lowest BCUT2D eigenvalue weighted by Gasteiger charge is -2.35. The average Bonchev–Trinajstić information content (AvgIpc) is 3.25. The van der Waals surface area contributed by atoms with Crippen LogP contribution in [0, 0.1) is 0 Å². The Balaban J connectivity index is 1.48. The normalized spacial score (nSPS) is 15.8. The van der Waals surface area contributed by atoms with E-state index in [0.29, 0.717) is 10.6 Å². The summed E-state index contributed by atoms with van der Waals surface area (Å²) < 4.78 is 66.7. The molecule has 32 heavy (non-hydrogen) atoms. The molecule has 1 aliphatic rings. The summed E-state index contributed by atoms with van der Waals surface area (Å²) in [4.78, 5) is 17.0. The predicted octanol–water partition coefficient (Wildman–Crippen LogP) is 2.01. The van der Waals surface area contributed by atoms with Crippen LogP contribution in [-0.4, -0.2) is 54.1 Å². The number of piperazine rings is 1. The summed E-state index contributed by atoms with van der Waals surface area (Å²) in [7, 11) is -3.79. The van der Waals surface area contributed by atoms with Crippen LogP contribution in [0.15, 0.2) is 45.5 Å². The zero-order valence-corrected chi connectivity index (χ0v) is 18.0. The molecule has 3 aromatic heterocycles. The molecule has 0 spiro atoms. The number of nitrogens with zero attached hydrogens (tertiary/aromatic N) is 4. The van der Waals surface area contributed by atoms with Crippen LogP contribution in [0.3, 0.4) is 0 Å². The van der Waals surface area contributed by atoms with Gasteiger partial charge >= 0.3 is 6.18 Å². The van der Waals surface area contributed by atoms with Gasteiger partial charge in [-0.15, -0.1) is 11.3 Å². The van der Waals surface area contributed by atoms with E-state index in [4.69, 9.17) is 5.73 Å². The summed E-state index contributed by atoms with van der Waals surface area (Å²) in [5.41, 5.74) is 4.62. The minimum Gasteiger partial charge on any atom is -0.383 e. The van der Waals surface area contributed by atoms with Gasteiger partial charge in [-0.2, -0.15) is 22.6 Å². The summed E-state index contributed by atoms with van der Waals surface area (Å²) in [5, 5.41) is 6.19. The number of alkyl halides is 3. The minimum absolute atomic E-state index is 0.0954. The number of nitrogen functional groups attached to an aromatic ring is 1. The molecule has 0 bridgehead atoms. The molecule has 0 aliphatic carbocycles. The molecule has 3 N–H and O–H groups in total. The van der Waals surface area contributed by atoms with Gasteiger partial charge in [-0.3, -0.25) is 4.79 Å². The quantitative estimate of drug-likeness (QED) is 0.578. The van der Waals surface area contributed by atoms with E-state index in [1.807, 2.05) is 0 Å². The Kier molecular flexibility index (Phi) is 5.68. The molecule has 1 fully saturated rings. The number of nitrogens with two attached hydrogens (primary N) is 1. The van der Waals surface area contributed by atoms with Crippen LogP contribution in [0.1, 0.15) is 5.56 Å². The number of thiophene rings is 1. The number of rotatable bonds is 4. The third-order valence-electron chi connectivity index (χ3n) is 4.92. The molecule has 0 atom stereocenters. The number of sulfonamides is 1. The van der Waals surface area contributed by atoms with Crippen LogP contribution in [-0.2, 0) is 16.2 Å². The van der Waals surface area contributed by atoms with Crippen molar-refractivity contribution in [3.63, 3.8) is 0 Å². The van der Waals surface area contributed by atoms with Crippen molar-refractivity contribution in [1.29, 1.82) is 0 Å². The third kappa shape index (κ3) is 4.33. The maximum atomic E-state index is 13.1. The molecular formula is C18H17F3N6O3S2. The third-order valence-corrected chi connectivity index (χ3v) is 8.39. The summed E-state index contributed by atoms with van der Waals surface area (Å²) in [5.74, 6) is -0.604. The molecule has 1 aliphatic heterocycles. The number of halogens is 3. The number of anilines is 2. The topological polar surface area (TPSA) is 125 Å². The lowest BCUT2D eigenvalue weighted by molar-refractivity contribution is -0.137. The fourth-order valence-corrected chi connectivity index (χ4v) is 6.11. The molecule has 4 heterocycles. The van der Waals surface area contributed by atoms with Crippen molar-refractivity contribution in [1.82, 2.24) is 19.5 Å². The maximum absolute atomic E-state index is 13.1. The van der Waals surface area contributed by atoms with Gasteiger partial charge in [0.05, 0.1) is 22.3 Å². The van der Waals surface area contributed by atoms with Crippen molar-refractivity contribution in [2.75, 3.05) is 36.8 Å². The van der Waals surface area contributed by atoms with Crippen molar-refractivity contribution in [3.8, 4) is 10.6 Å². The summed E-state index contributed by atoms with van der Waals surface area (Å²) >= 11 is 1.02. The van der Waals surface area contributed by atoms with E-state index in [1.54, 1.807) is 11.0 Å². The van der Waals surface area contributed by atoms with Crippen LogP contribution < -0.4 is 16.2 Å². The monoisotopic (exact) mass is 486 g/mol. The highest BCUT2D eigenvalue weighted by Gasteiger charge is 2.35. The van der Waals surface area contributed by atoms with Crippen LogP contribution in [0.25, 0.3) is 10.6 Å². The van der Waals surface area contributed by atoms with Crippen molar-refractivity contribution in [2.24, 2.45) is 0 Å². The fourth-order valence-electron chi connectivity index (χ4n) is 3.26. The van der Waals surface area contributed by atoms with E-state index in [1.165, 1.54) is 28.7 Å². The van der Waals surface area contributed by atoms with E-state index < -0.39 is 27.6 Å². The SMILES string of the molecule is Nc1ncc(N2CCN(S(=O)(=O)c3ccc(-c4ccc(=O)[nH]n4)s3)CC2)cc1C(F)(F)F.